The highest BCUT2D eigenvalue weighted by Crippen LogP contribution is 2.28. The lowest BCUT2D eigenvalue weighted by atomic mass is 10.0. The molecule has 1 atom stereocenters. The van der Waals surface area contributed by atoms with E-state index in [0.717, 1.165) is 37.0 Å². The van der Waals surface area contributed by atoms with Crippen LogP contribution >= 0.6 is 0 Å². The van der Waals surface area contributed by atoms with Gasteiger partial charge in [0.25, 0.3) is 5.91 Å². The van der Waals surface area contributed by atoms with E-state index >= 15 is 0 Å². The zero-order chi connectivity index (χ0) is 19.6. The van der Waals surface area contributed by atoms with Crippen molar-refractivity contribution in [1.82, 2.24) is 10.2 Å². The molecule has 0 aromatic heterocycles. The monoisotopic (exact) mass is 370 g/mol. The number of nitrogens with one attached hydrogen (secondary N) is 1. The van der Waals surface area contributed by atoms with Crippen LogP contribution in [-0.4, -0.2) is 42.9 Å². The first-order valence-corrected chi connectivity index (χ1v) is 9.22. The maximum atomic E-state index is 12.7. The lowest BCUT2D eigenvalue weighted by Crippen LogP contribution is -2.34. The molecule has 2 rings (SSSR count). The van der Waals surface area contributed by atoms with Gasteiger partial charge < -0.3 is 9.64 Å². The molecule has 144 valence electrons. The number of carbonyl (C=O) groups excluding carboxylic acids is 3. The number of carbonyl (C=O) groups is 3. The van der Waals surface area contributed by atoms with Gasteiger partial charge in [-0.25, -0.2) is 0 Å². The van der Waals surface area contributed by atoms with Gasteiger partial charge in [0.15, 0.2) is 0 Å². The van der Waals surface area contributed by atoms with Gasteiger partial charge in [0, 0.05) is 50.3 Å². The van der Waals surface area contributed by atoms with Crippen LogP contribution in [0.2, 0.25) is 0 Å². The van der Waals surface area contributed by atoms with Crippen LogP contribution in [0.25, 0.3) is 0 Å². The van der Waals surface area contributed by atoms with Crippen molar-refractivity contribution in [1.29, 1.82) is 0 Å². The topological polar surface area (TPSA) is 75.7 Å². The molecule has 1 aromatic rings. The Morgan fingerprint density at radius 1 is 1.41 bits per heavy atom. The zero-order valence-corrected chi connectivity index (χ0v) is 15.9. The largest absolute Gasteiger partial charge is 0.385 e. The molecule has 1 aliphatic heterocycles. The smallest absolute Gasteiger partial charge is 0.254 e. The standard InChI is InChI=1S/C21H26N2O4/c1-16(11-12-20(25)22-15-24)23-14-19-17(8-5-3-4-6-13-27-2)9-7-10-18(19)21(23)26/h7,9-10,15-16H,3-4,6,11-14H2,1-2H3,(H,22,24,25). The molecule has 0 radical (unpaired) electrons. The van der Waals surface area contributed by atoms with E-state index in [1.54, 1.807) is 12.0 Å². The summed E-state index contributed by atoms with van der Waals surface area (Å²) in [5.41, 5.74) is 2.53. The first-order valence-electron chi connectivity index (χ1n) is 9.22. The number of benzene rings is 1. The average molecular weight is 370 g/mol. The van der Waals surface area contributed by atoms with Crippen molar-refractivity contribution >= 4 is 18.2 Å². The Kier molecular flexibility index (Phi) is 8.02. The van der Waals surface area contributed by atoms with Crippen molar-refractivity contribution in [3.05, 3.63) is 34.9 Å². The Bertz CT molecular complexity index is 748. The molecule has 27 heavy (non-hydrogen) atoms. The Balaban J connectivity index is 2.00. The number of methoxy groups -OCH3 is 1. The van der Waals surface area contributed by atoms with Crippen LogP contribution in [0, 0.1) is 11.8 Å². The molecule has 0 saturated heterocycles. The summed E-state index contributed by atoms with van der Waals surface area (Å²) in [4.78, 5) is 36.2. The van der Waals surface area contributed by atoms with E-state index in [2.05, 4.69) is 17.2 Å². The Morgan fingerprint density at radius 2 is 2.22 bits per heavy atom. The molecule has 1 aliphatic rings. The molecule has 0 fully saturated rings. The van der Waals surface area contributed by atoms with Crippen molar-refractivity contribution in [2.75, 3.05) is 13.7 Å². The third kappa shape index (κ3) is 5.66. The number of fused-ring (bicyclic) bond motifs is 1. The van der Waals surface area contributed by atoms with Crippen molar-refractivity contribution in [2.24, 2.45) is 0 Å². The minimum absolute atomic E-state index is 0.0305. The van der Waals surface area contributed by atoms with Gasteiger partial charge in [0.1, 0.15) is 0 Å². The van der Waals surface area contributed by atoms with Gasteiger partial charge in [-0.05, 0) is 43.9 Å². The van der Waals surface area contributed by atoms with Crippen molar-refractivity contribution in [3.63, 3.8) is 0 Å². The van der Waals surface area contributed by atoms with Crippen molar-refractivity contribution in [2.45, 2.75) is 51.6 Å². The molecule has 1 heterocycles. The first-order chi connectivity index (χ1) is 13.1. The van der Waals surface area contributed by atoms with Gasteiger partial charge in [-0.3, -0.25) is 19.7 Å². The lowest BCUT2D eigenvalue weighted by Gasteiger charge is -2.24. The molecule has 0 aliphatic carbocycles. The fourth-order valence-electron chi connectivity index (χ4n) is 3.08. The molecule has 6 heteroatoms. The minimum atomic E-state index is -0.332. The number of imide groups is 1. The fourth-order valence-corrected chi connectivity index (χ4v) is 3.08. The van der Waals surface area contributed by atoms with E-state index in [1.807, 2.05) is 25.1 Å². The van der Waals surface area contributed by atoms with Crippen LogP contribution in [0.1, 0.15) is 60.5 Å². The summed E-state index contributed by atoms with van der Waals surface area (Å²) in [5, 5.41) is 2.12. The fraction of sp³-hybridized carbons (Fsp3) is 0.476. The van der Waals surface area contributed by atoms with Crippen LogP contribution in [0.3, 0.4) is 0 Å². The average Bonchev–Trinajstić information content (AvgIpc) is 3.00. The van der Waals surface area contributed by atoms with E-state index in [1.165, 1.54) is 0 Å². The summed E-state index contributed by atoms with van der Waals surface area (Å²) in [6, 6.07) is 5.53. The number of ether oxygens (including phenoxy) is 1. The highest BCUT2D eigenvalue weighted by Gasteiger charge is 2.32. The molecule has 1 unspecified atom stereocenters. The number of hydrogen-bond acceptors (Lipinski definition) is 4. The van der Waals surface area contributed by atoms with Crippen LogP contribution in [0.15, 0.2) is 18.2 Å². The minimum Gasteiger partial charge on any atom is -0.385 e. The summed E-state index contributed by atoms with van der Waals surface area (Å²) in [5.74, 6) is 6.02. The number of rotatable bonds is 9. The summed E-state index contributed by atoms with van der Waals surface area (Å²) < 4.78 is 5.03. The summed E-state index contributed by atoms with van der Waals surface area (Å²) in [6.07, 6.45) is 3.85. The predicted molar refractivity (Wildman–Crippen MR) is 102 cm³/mol. The molecule has 0 saturated carbocycles. The van der Waals surface area contributed by atoms with Crippen molar-refractivity contribution < 1.29 is 19.1 Å². The maximum Gasteiger partial charge on any atom is 0.254 e. The van der Waals surface area contributed by atoms with E-state index in [-0.39, 0.29) is 24.3 Å². The molecule has 0 spiro atoms. The van der Waals surface area contributed by atoms with Gasteiger partial charge in [0.05, 0.1) is 0 Å². The third-order valence-electron chi connectivity index (χ3n) is 4.66. The second-order valence-corrected chi connectivity index (χ2v) is 6.59. The highest BCUT2D eigenvalue weighted by atomic mass is 16.5. The molecule has 6 nitrogen and oxygen atoms in total. The van der Waals surface area contributed by atoms with Crippen LogP contribution < -0.4 is 5.32 Å². The van der Waals surface area contributed by atoms with Gasteiger partial charge in [-0.1, -0.05) is 17.9 Å². The molecule has 1 aromatic carbocycles. The summed E-state index contributed by atoms with van der Waals surface area (Å²) in [6.45, 7) is 3.16. The number of unbranched alkanes of at least 4 members (excludes halogenated alkanes) is 2. The first kappa shape index (κ1) is 20.7. The third-order valence-corrected chi connectivity index (χ3v) is 4.66. The highest BCUT2D eigenvalue weighted by molar-refractivity contribution is 5.99. The van der Waals surface area contributed by atoms with Crippen LogP contribution in [-0.2, 0) is 20.9 Å². The van der Waals surface area contributed by atoms with Gasteiger partial charge in [0.2, 0.25) is 12.3 Å². The van der Waals surface area contributed by atoms with Gasteiger partial charge in [-0.15, -0.1) is 0 Å². The van der Waals surface area contributed by atoms with Gasteiger partial charge in [-0.2, -0.15) is 0 Å². The van der Waals surface area contributed by atoms with Crippen LogP contribution in [0.5, 0.6) is 0 Å². The Morgan fingerprint density at radius 3 is 2.96 bits per heavy atom. The maximum absolute atomic E-state index is 12.7. The number of amides is 3. The van der Waals surface area contributed by atoms with E-state index in [0.29, 0.717) is 24.9 Å². The van der Waals surface area contributed by atoms with E-state index < -0.39 is 0 Å². The zero-order valence-electron chi connectivity index (χ0n) is 15.9. The molecular weight excluding hydrogens is 344 g/mol. The summed E-state index contributed by atoms with van der Waals surface area (Å²) >= 11 is 0. The van der Waals surface area contributed by atoms with Crippen molar-refractivity contribution in [3.8, 4) is 11.8 Å². The second-order valence-electron chi connectivity index (χ2n) is 6.59. The quantitative estimate of drug-likeness (QED) is 0.411. The van der Waals surface area contributed by atoms with E-state index in [4.69, 9.17) is 4.74 Å². The molecule has 1 N–H and O–H groups in total. The second kappa shape index (κ2) is 10.5. The molecule has 3 amide bonds. The van der Waals surface area contributed by atoms with Gasteiger partial charge >= 0.3 is 0 Å². The Labute approximate surface area is 160 Å². The normalized spacial score (nSPS) is 13.6. The molecular formula is C21H26N2O4. The predicted octanol–water partition coefficient (Wildman–Crippen LogP) is 2.25. The Hall–Kier alpha value is -2.65. The van der Waals surface area contributed by atoms with E-state index in [9.17, 15) is 14.4 Å². The summed E-state index contributed by atoms with van der Waals surface area (Å²) in [7, 11) is 1.69. The number of hydrogen-bond donors (Lipinski definition) is 1. The SMILES string of the molecule is COCCCCC#Cc1cccc2c1CN(C(C)CCC(=O)NC=O)C2=O. The number of nitrogens with zero attached hydrogens (tertiary/aromatic N) is 1. The lowest BCUT2D eigenvalue weighted by molar-refractivity contribution is -0.125. The van der Waals surface area contributed by atoms with Crippen LogP contribution in [0.4, 0.5) is 0 Å². The molecule has 0 bridgehead atoms.